The highest BCUT2D eigenvalue weighted by atomic mass is 32.2. The van der Waals surface area contributed by atoms with E-state index in [0.717, 1.165) is 9.21 Å². The molecule has 0 aromatic carbocycles. The van der Waals surface area contributed by atoms with Crippen molar-refractivity contribution in [1.82, 2.24) is 18.8 Å². The molecule has 0 atom stereocenters. The molecule has 12 heteroatoms. The Morgan fingerprint density at radius 1 is 1.29 bits per heavy atom. The summed E-state index contributed by atoms with van der Waals surface area (Å²) >= 11 is 0. The zero-order chi connectivity index (χ0) is 18.0. The number of nitrogens with zero attached hydrogens (tertiary/aromatic N) is 4. The molecule has 0 spiro atoms. The Morgan fingerprint density at radius 2 is 2.00 bits per heavy atom. The minimum absolute atomic E-state index is 0.0416. The fraction of sp³-hybridized carbons (Fsp3) is 0.667. The van der Waals surface area contributed by atoms with Gasteiger partial charge in [0.15, 0.2) is 11.6 Å². The van der Waals surface area contributed by atoms with Gasteiger partial charge in [-0.15, -0.1) is 0 Å². The minimum Gasteiger partial charge on any atom is -0.440 e. The van der Waals surface area contributed by atoms with Crippen molar-refractivity contribution in [2.24, 2.45) is 7.05 Å². The fourth-order valence-electron chi connectivity index (χ4n) is 2.21. The van der Waals surface area contributed by atoms with Gasteiger partial charge in [-0.05, 0) is 6.42 Å². The van der Waals surface area contributed by atoms with Gasteiger partial charge in [-0.25, -0.2) is 18.2 Å². The van der Waals surface area contributed by atoms with Crippen LogP contribution in [0.25, 0.3) is 0 Å². The monoisotopic (exact) mass is 370 g/mol. The van der Waals surface area contributed by atoms with Crippen LogP contribution < -0.4 is 0 Å². The van der Waals surface area contributed by atoms with Crippen LogP contribution in [0.15, 0.2) is 17.6 Å². The molecular weight excluding hydrogens is 353 g/mol. The van der Waals surface area contributed by atoms with Gasteiger partial charge in [0.05, 0.1) is 6.33 Å². The summed E-state index contributed by atoms with van der Waals surface area (Å²) in [6.07, 6.45) is -2.71. The summed E-state index contributed by atoms with van der Waals surface area (Å²) < 4.78 is 68.0. The average Bonchev–Trinajstić information content (AvgIpc) is 2.77. The normalized spacial score (nSPS) is 17.6. The molecular formula is C12H17F3N4O4S. The summed E-state index contributed by atoms with van der Waals surface area (Å²) in [5, 5.41) is -0.113. The summed E-state index contributed by atoms with van der Waals surface area (Å²) in [5.41, 5.74) is 0. The number of halogens is 3. The summed E-state index contributed by atoms with van der Waals surface area (Å²) in [4.78, 5) is 16.5. The molecule has 0 aliphatic carbocycles. The van der Waals surface area contributed by atoms with Crippen LogP contribution in [0.2, 0.25) is 0 Å². The number of alkyl halides is 3. The number of aromatic nitrogens is 2. The minimum atomic E-state index is -4.60. The van der Waals surface area contributed by atoms with Crippen LogP contribution in [-0.2, 0) is 21.8 Å². The number of imidazole rings is 1. The molecule has 1 fully saturated rings. The van der Waals surface area contributed by atoms with E-state index in [1.54, 1.807) is 7.05 Å². The molecule has 1 aliphatic rings. The maximum absolute atomic E-state index is 12.5. The first-order valence-electron chi connectivity index (χ1n) is 7.06. The van der Waals surface area contributed by atoms with Gasteiger partial charge in [-0.1, -0.05) is 0 Å². The molecule has 136 valence electrons. The van der Waals surface area contributed by atoms with Gasteiger partial charge in [-0.3, -0.25) is 0 Å². The Bertz CT molecular complexity index is 689. The highest BCUT2D eigenvalue weighted by Gasteiger charge is 2.33. The predicted molar refractivity (Wildman–Crippen MR) is 75.6 cm³/mol. The first-order valence-corrected chi connectivity index (χ1v) is 8.50. The topological polar surface area (TPSA) is 84.7 Å². The largest absolute Gasteiger partial charge is 0.440 e. The van der Waals surface area contributed by atoms with Gasteiger partial charge in [0.25, 0.3) is 10.0 Å². The van der Waals surface area contributed by atoms with Crippen LogP contribution in [-0.4, -0.2) is 72.2 Å². The quantitative estimate of drug-likeness (QED) is 0.786. The number of rotatable bonds is 3. The van der Waals surface area contributed by atoms with Crippen molar-refractivity contribution in [3.05, 3.63) is 12.5 Å². The van der Waals surface area contributed by atoms with Gasteiger partial charge in [0.1, 0.15) is 0 Å². The molecule has 0 radical (unpaired) electrons. The fourth-order valence-corrected chi connectivity index (χ4v) is 3.64. The molecule has 1 saturated heterocycles. The predicted octanol–water partition coefficient (Wildman–Crippen LogP) is 0.815. The van der Waals surface area contributed by atoms with Crippen LogP contribution in [0.3, 0.4) is 0 Å². The Labute approximate surface area is 136 Å². The lowest BCUT2D eigenvalue weighted by atomic mass is 10.4. The van der Waals surface area contributed by atoms with E-state index in [1.807, 2.05) is 0 Å². The van der Waals surface area contributed by atoms with E-state index >= 15 is 0 Å². The Morgan fingerprint density at radius 3 is 2.58 bits per heavy atom. The van der Waals surface area contributed by atoms with Crippen molar-refractivity contribution in [3.63, 3.8) is 0 Å². The number of sulfonamides is 1. The zero-order valence-electron chi connectivity index (χ0n) is 12.9. The smallest absolute Gasteiger partial charge is 0.422 e. The number of aryl methyl sites for hydroxylation is 1. The first-order chi connectivity index (χ1) is 11.1. The lowest BCUT2D eigenvalue weighted by Crippen LogP contribution is -2.38. The van der Waals surface area contributed by atoms with Crippen LogP contribution in [0.5, 0.6) is 0 Å². The van der Waals surface area contributed by atoms with Crippen molar-refractivity contribution in [2.75, 3.05) is 32.8 Å². The van der Waals surface area contributed by atoms with Crippen molar-refractivity contribution < 1.29 is 31.1 Å². The number of carbonyl (C=O) groups is 1. The van der Waals surface area contributed by atoms with Crippen molar-refractivity contribution >= 4 is 16.1 Å². The molecule has 24 heavy (non-hydrogen) atoms. The molecule has 1 aromatic heterocycles. The average molecular weight is 370 g/mol. The number of hydrogen-bond acceptors (Lipinski definition) is 5. The van der Waals surface area contributed by atoms with Crippen molar-refractivity contribution in [2.45, 2.75) is 17.6 Å². The second-order valence-electron chi connectivity index (χ2n) is 5.29. The summed E-state index contributed by atoms with van der Waals surface area (Å²) in [6, 6.07) is 0. The van der Waals surface area contributed by atoms with Crippen LogP contribution >= 0.6 is 0 Å². The third kappa shape index (κ3) is 4.60. The van der Waals surface area contributed by atoms with E-state index < -0.39 is 28.9 Å². The third-order valence-electron chi connectivity index (χ3n) is 3.36. The highest BCUT2D eigenvalue weighted by molar-refractivity contribution is 7.89. The molecule has 2 rings (SSSR count). The van der Waals surface area contributed by atoms with Gasteiger partial charge >= 0.3 is 12.3 Å². The molecule has 8 nitrogen and oxygen atoms in total. The standard InChI is InChI=1S/C12H17F3N4O4S/c1-17-7-10(16-9-17)24(21,22)19-4-2-3-18(5-6-19)11(20)23-8-12(13,14)15/h7,9H,2-6,8H2,1H3. The van der Waals surface area contributed by atoms with Crippen LogP contribution in [0, 0.1) is 0 Å². The van der Waals surface area contributed by atoms with E-state index in [-0.39, 0.29) is 37.6 Å². The summed E-state index contributed by atoms with van der Waals surface area (Å²) in [6.45, 7) is -1.51. The van der Waals surface area contributed by atoms with Crippen LogP contribution in [0.1, 0.15) is 6.42 Å². The maximum atomic E-state index is 12.5. The SMILES string of the molecule is Cn1cnc(S(=O)(=O)N2CCCN(C(=O)OCC(F)(F)F)CC2)c1. The highest BCUT2D eigenvalue weighted by Crippen LogP contribution is 2.18. The molecule has 2 heterocycles. The lowest BCUT2D eigenvalue weighted by molar-refractivity contribution is -0.162. The summed E-state index contributed by atoms with van der Waals surface area (Å²) in [5.74, 6) is 0. The van der Waals surface area contributed by atoms with Gasteiger partial charge in [0, 0.05) is 39.4 Å². The maximum Gasteiger partial charge on any atom is 0.422 e. The second kappa shape index (κ2) is 6.97. The van der Waals surface area contributed by atoms with E-state index in [9.17, 15) is 26.4 Å². The first kappa shape index (κ1) is 18.5. The van der Waals surface area contributed by atoms with Gasteiger partial charge in [-0.2, -0.15) is 17.5 Å². The Kier molecular flexibility index (Phi) is 5.38. The van der Waals surface area contributed by atoms with Gasteiger partial charge < -0.3 is 14.2 Å². The lowest BCUT2D eigenvalue weighted by Gasteiger charge is -2.21. The van der Waals surface area contributed by atoms with Crippen molar-refractivity contribution in [3.8, 4) is 0 Å². The second-order valence-corrected chi connectivity index (χ2v) is 7.18. The number of ether oxygens (including phenoxy) is 1. The summed E-state index contributed by atoms with van der Waals surface area (Å²) in [7, 11) is -2.17. The Hall–Kier alpha value is -1.82. The molecule has 0 saturated carbocycles. The van der Waals surface area contributed by atoms with E-state index in [0.29, 0.717) is 0 Å². The van der Waals surface area contributed by atoms with Crippen LogP contribution in [0.4, 0.5) is 18.0 Å². The molecule has 0 bridgehead atoms. The number of amides is 1. The molecule has 0 N–H and O–H groups in total. The molecule has 1 amide bonds. The van der Waals surface area contributed by atoms with Crippen molar-refractivity contribution in [1.29, 1.82) is 0 Å². The van der Waals surface area contributed by atoms with Gasteiger partial charge in [0.2, 0.25) is 0 Å². The third-order valence-corrected chi connectivity index (χ3v) is 5.14. The van der Waals surface area contributed by atoms with E-state index in [4.69, 9.17) is 0 Å². The molecule has 1 aromatic rings. The van der Waals surface area contributed by atoms with E-state index in [1.165, 1.54) is 17.1 Å². The molecule has 1 aliphatic heterocycles. The molecule has 0 unspecified atom stereocenters. The van der Waals surface area contributed by atoms with E-state index in [2.05, 4.69) is 9.72 Å². The number of carbonyl (C=O) groups excluding carboxylic acids is 1. The zero-order valence-corrected chi connectivity index (χ0v) is 13.7. The number of hydrogen-bond donors (Lipinski definition) is 0. The Balaban J connectivity index is 1.98.